The Bertz CT molecular complexity index is 110. The van der Waals surface area contributed by atoms with Crippen molar-refractivity contribution in [2.45, 2.75) is 20.3 Å². The van der Waals surface area contributed by atoms with Crippen molar-refractivity contribution < 1.29 is 0 Å². The summed E-state index contributed by atoms with van der Waals surface area (Å²) in [4.78, 5) is 0.549. The predicted molar refractivity (Wildman–Crippen MR) is 44.2 cm³/mol. The highest BCUT2D eigenvalue weighted by atomic mass is 32.1. The van der Waals surface area contributed by atoms with Crippen molar-refractivity contribution in [3.05, 3.63) is 0 Å². The Balaban J connectivity index is 3.85. The molecule has 0 aliphatic heterocycles. The first-order chi connectivity index (χ1) is 4.00. The van der Waals surface area contributed by atoms with Crippen LogP contribution in [0.5, 0.6) is 0 Å². The Hall–Kier alpha value is -0.150. The third kappa shape index (κ3) is 2.77. The summed E-state index contributed by atoms with van der Waals surface area (Å²) in [5.41, 5.74) is 10.7. The molecular weight excluding hydrogens is 132 g/mol. The molecule has 0 aromatic heterocycles. The van der Waals surface area contributed by atoms with Crippen LogP contribution < -0.4 is 11.5 Å². The Morgan fingerprint density at radius 1 is 1.56 bits per heavy atom. The van der Waals surface area contributed by atoms with Crippen molar-refractivity contribution in [1.29, 1.82) is 0 Å². The minimum Gasteiger partial charge on any atom is -0.393 e. The van der Waals surface area contributed by atoms with Gasteiger partial charge in [-0.25, -0.2) is 0 Å². The Morgan fingerprint density at radius 3 is 2.11 bits per heavy atom. The van der Waals surface area contributed by atoms with Crippen LogP contribution in [0.1, 0.15) is 20.3 Å². The molecule has 4 N–H and O–H groups in total. The number of hydrogen-bond acceptors (Lipinski definition) is 2. The van der Waals surface area contributed by atoms with Crippen molar-refractivity contribution >= 4 is 17.2 Å². The largest absolute Gasteiger partial charge is 0.393 e. The summed E-state index contributed by atoms with van der Waals surface area (Å²) in [5, 5.41) is 0. The van der Waals surface area contributed by atoms with E-state index >= 15 is 0 Å². The lowest BCUT2D eigenvalue weighted by Crippen LogP contribution is -2.31. The number of hydrogen-bond donors (Lipinski definition) is 2. The lowest BCUT2D eigenvalue weighted by Gasteiger charge is -2.21. The molecule has 0 spiro atoms. The molecule has 0 heterocycles. The highest BCUT2D eigenvalue weighted by molar-refractivity contribution is 7.80. The van der Waals surface area contributed by atoms with E-state index in [1.807, 2.05) is 13.8 Å². The molecule has 0 saturated heterocycles. The first-order valence-electron chi connectivity index (χ1n) is 3.00. The zero-order valence-electron chi connectivity index (χ0n) is 5.98. The van der Waals surface area contributed by atoms with E-state index in [1.165, 1.54) is 0 Å². The van der Waals surface area contributed by atoms with E-state index < -0.39 is 0 Å². The van der Waals surface area contributed by atoms with E-state index in [0.717, 1.165) is 6.42 Å². The topological polar surface area (TPSA) is 52.0 Å². The summed E-state index contributed by atoms with van der Waals surface area (Å²) >= 11 is 4.82. The van der Waals surface area contributed by atoms with Gasteiger partial charge in [-0.2, -0.15) is 0 Å². The van der Waals surface area contributed by atoms with Gasteiger partial charge in [0.05, 0.1) is 4.99 Å². The second kappa shape index (κ2) is 3.13. The van der Waals surface area contributed by atoms with E-state index in [1.54, 1.807) is 0 Å². The molecule has 0 saturated carbocycles. The van der Waals surface area contributed by atoms with Gasteiger partial charge < -0.3 is 11.5 Å². The standard InChI is InChI=1S/C6H14N2S/c1-6(2,3-4-7)5(8)9/h3-4,7H2,1-2H3,(H2,8,9). The smallest absolute Gasteiger partial charge is 0.0784 e. The summed E-state index contributed by atoms with van der Waals surface area (Å²) < 4.78 is 0. The van der Waals surface area contributed by atoms with Crippen LogP contribution in [0.15, 0.2) is 0 Å². The summed E-state index contributed by atoms with van der Waals surface area (Å²) in [7, 11) is 0. The summed E-state index contributed by atoms with van der Waals surface area (Å²) in [6.07, 6.45) is 0.863. The summed E-state index contributed by atoms with van der Waals surface area (Å²) in [6, 6.07) is 0. The van der Waals surface area contributed by atoms with Crippen LogP contribution in [0, 0.1) is 5.41 Å². The van der Waals surface area contributed by atoms with Gasteiger partial charge in [0.25, 0.3) is 0 Å². The van der Waals surface area contributed by atoms with Crippen LogP contribution in [0.4, 0.5) is 0 Å². The predicted octanol–water partition coefficient (Wildman–Crippen LogP) is 0.648. The minimum absolute atomic E-state index is 0.0654. The fraction of sp³-hybridized carbons (Fsp3) is 0.833. The molecule has 0 atom stereocenters. The van der Waals surface area contributed by atoms with Crippen molar-refractivity contribution in [3.63, 3.8) is 0 Å². The van der Waals surface area contributed by atoms with Gasteiger partial charge in [-0.05, 0) is 13.0 Å². The molecule has 0 aliphatic carbocycles. The lowest BCUT2D eigenvalue weighted by molar-refractivity contribution is 0.487. The maximum absolute atomic E-state index is 5.43. The van der Waals surface area contributed by atoms with Crippen LogP contribution in [0.2, 0.25) is 0 Å². The monoisotopic (exact) mass is 146 g/mol. The molecule has 0 amide bonds. The SMILES string of the molecule is CC(C)(CCN)C(N)=S. The molecule has 0 unspecified atom stereocenters. The average Bonchev–Trinajstić information content (AvgIpc) is 1.65. The Labute approximate surface area is 61.6 Å². The van der Waals surface area contributed by atoms with Gasteiger partial charge in [0, 0.05) is 5.41 Å². The lowest BCUT2D eigenvalue weighted by atomic mass is 9.90. The van der Waals surface area contributed by atoms with E-state index in [9.17, 15) is 0 Å². The molecule has 0 bridgehead atoms. The molecule has 0 aliphatic rings. The van der Waals surface area contributed by atoms with Gasteiger partial charge in [0.2, 0.25) is 0 Å². The molecule has 0 radical (unpaired) electrons. The second-order valence-electron chi connectivity index (χ2n) is 2.79. The van der Waals surface area contributed by atoms with Crippen LogP contribution in [-0.2, 0) is 0 Å². The van der Waals surface area contributed by atoms with Gasteiger partial charge in [0.1, 0.15) is 0 Å². The number of rotatable bonds is 3. The first-order valence-corrected chi connectivity index (χ1v) is 3.41. The van der Waals surface area contributed by atoms with Crippen LogP contribution in [-0.4, -0.2) is 11.5 Å². The van der Waals surface area contributed by atoms with Crippen molar-refractivity contribution in [2.24, 2.45) is 16.9 Å². The summed E-state index contributed by atoms with van der Waals surface area (Å²) in [5.74, 6) is 0. The normalized spacial score (nSPS) is 11.4. The molecule has 9 heavy (non-hydrogen) atoms. The Kier molecular flexibility index (Phi) is 3.08. The molecule has 0 aromatic rings. The van der Waals surface area contributed by atoms with Crippen molar-refractivity contribution in [2.75, 3.05) is 6.54 Å². The van der Waals surface area contributed by atoms with E-state index in [4.69, 9.17) is 23.7 Å². The second-order valence-corrected chi connectivity index (χ2v) is 3.23. The quantitative estimate of drug-likeness (QED) is 0.575. The first kappa shape index (κ1) is 8.85. The minimum atomic E-state index is -0.0654. The van der Waals surface area contributed by atoms with Gasteiger partial charge in [-0.15, -0.1) is 0 Å². The average molecular weight is 146 g/mol. The third-order valence-electron chi connectivity index (χ3n) is 1.44. The van der Waals surface area contributed by atoms with Gasteiger partial charge in [-0.1, -0.05) is 26.1 Å². The molecule has 3 heteroatoms. The van der Waals surface area contributed by atoms with Gasteiger partial charge in [0.15, 0.2) is 0 Å². The van der Waals surface area contributed by atoms with Crippen molar-refractivity contribution in [3.8, 4) is 0 Å². The maximum Gasteiger partial charge on any atom is 0.0784 e. The van der Waals surface area contributed by atoms with Gasteiger partial charge in [-0.3, -0.25) is 0 Å². The fourth-order valence-corrected chi connectivity index (χ4v) is 0.586. The third-order valence-corrected chi connectivity index (χ3v) is 1.99. The van der Waals surface area contributed by atoms with E-state index in [-0.39, 0.29) is 5.41 Å². The number of nitrogens with two attached hydrogens (primary N) is 2. The molecule has 2 nitrogen and oxygen atoms in total. The molecule has 0 aromatic carbocycles. The van der Waals surface area contributed by atoms with Crippen molar-refractivity contribution in [1.82, 2.24) is 0 Å². The van der Waals surface area contributed by atoms with Gasteiger partial charge >= 0.3 is 0 Å². The van der Waals surface area contributed by atoms with Crippen LogP contribution >= 0.6 is 12.2 Å². The highest BCUT2D eigenvalue weighted by Gasteiger charge is 2.19. The molecule has 0 rings (SSSR count). The molecule has 0 fully saturated rings. The van der Waals surface area contributed by atoms with E-state index in [0.29, 0.717) is 11.5 Å². The molecular formula is C6H14N2S. The zero-order chi connectivity index (χ0) is 7.49. The maximum atomic E-state index is 5.43. The highest BCUT2D eigenvalue weighted by Crippen LogP contribution is 2.18. The molecule has 54 valence electrons. The van der Waals surface area contributed by atoms with E-state index in [2.05, 4.69) is 0 Å². The summed E-state index contributed by atoms with van der Waals surface area (Å²) in [6.45, 7) is 4.65. The zero-order valence-corrected chi connectivity index (χ0v) is 6.79. The fourth-order valence-electron chi connectivity index (χ4n) is 0.484. The number of thiocarbonyl (C=S) groups is 1. The van der Waals surface area contributed by atoms with Crippen LogP contribution in [0.25, 0.3) is 0 Å². The van der Waals surface area contributed by atoms with Crippen LogP contribution in [0.3, 0.4) is 0 Å². The Morgan fingerprint density at radius 2 is 2.00 bits per heavy atom.